The largest absolute Gasteiger partial charge is 0.507 e. The quantitative estimate of drug-likeness (QED) is 0.881. The Morgan fingerprint density at radius 1 is 1.21 bits per heavy atom. The Bertz CT molecular complexity index is 605. The SMILES string of the molecule is CCc1cccc(NC(=O)c2cc(C)ccc2O)c1. The fourth-order valence-electron chi connectivity index (χ4n) is 1.90. The lowest BCUT2D eigenvalue weighted by Crippen LogP contribution is -2.12. The number of hydrogen-bond donors (Lipinski definition) is 2. The molecule has 2 aromatic rings. The highest BCUT2D eigenvalue weighted by molar-refractivity contribution is 6.06. The number of phenolic OH excluding ortho intramolecular Hbond substituents is 1. The molecule has 0 unspecified atom stereocenters. The fourth-order valence-corrected chi connectivity index (χ4v) is 1.90. The molecular formula is C16H17NO2. The Balaban J connectivity index is 2.23. The van der Waals surface area contributed by atoms with Crippen LogP contribution in [0.3, 0.4) is 0 Å². The number of carbonyl (C=O) groups excluding carboxylic acids is 1. The topological polar surface area (TPSA) is 49.3 Å². The van der Waals surface area contributed by atoms with Gasteiger partial charge in [0.2, 0.25) is 0 Å². The van der Waals surface area contributed by atoms with Crippen LogP contribution >= 0.6 is 0 Å². The number of hydrogen-bond acceptors (Lipinski definition) is 2. The monoisotopic (exact) mass is 255 g/mol. The first-order chi connectivity index (χ1) is 9.10. The maximum absolute atomic E-state index is 12.1. The summed E-state index contributed by atoms with van der Waals surface area (Å²) in [6.45, 7) is 3.95. The van der Waals surface area contributed by atoms with Gasteiger partial charge in [0.15, 0.2) is 0 Å². The molecule has 0 aromatic heterocycles. The van der Waals surface area contributed by atoms with Crippen LogP contribution in [0, 0.1) is 6.92 Å². The van der Waals surface area contributed by atoms with Crippen LogP contribution in [-0.4, -0.2) is 11.0 Å². The van der Waals surface area contributed by atoms with Crippen LogP contribution in [0.2, 0.25) is 0 Å². The number of rotatable bonds is 3. The number of nitrogens with one attached hydrogen (secondary N) is 1. The summed E-state index contributed by atoms with van der Waals surface area (Å²) in [5.74, 6) is -0.302. The molecule has 2 aromatic carbocycles. The molecule has 3 heteroatoms. The van der Waals surface area contributed by atoms with E-state index in [1.807, 2.05) is 31.2 Å². The zero-order valence-electron chi connectivity index (χ0n) is 11.1. The van der Waals surface area contributed by atoms with Gasteiger partial charge in [0.1, 0.15) is 5.75 Å². The molecule has 0 aliphatic rings. The Kier molecular flexibility index (Phi) is 3.85. The molecule has 0 aliphatic heterocycles. The predicted octanol–water partition coefficient (Wildman–Crippen LogP) is 3.52. The van der Waals surface area contributed by atoms with E-state index in [4.69, 9.17) is 0 Å². The molecule has 0 saturated carbocycles. The van der Waals surface area contributed by atoms with Gasteiger partial charge < -0.3 is 10.4 Å². The van der Waals surface area contributed by atoms with Crippen LogP contribution in [0.1, 0.15) is 28.4 Å². The lowest BCUT2D eigenvalue weighted by atomic mass is 10.1. The minimum absolute atomic E-state index is 0.00486. The lowest BCUT2D eigenvalue weighted by Gasteiger charge is -2.08. The van der Waals surface area contributed by atoms with E-state index in [0.29, 0.717) is 5.56 Å². The summed E-state index contributed by atoms with van der Waals surface area (Å²) >= 11 is 0. The van der Waals surface area contributed by atoms with Gasteiger partial charge in [-0.3, -0.25) is 4.79 Å². The molecule has 0 saturated heterocycles. The summed E-state index contributed by atoms with van der Waals surface area (Å²) in [4.78, 5) is 12.1. The molecule has 0 bridgehead atoms. The van der Waals surface area contributed by atoms with Gasteiger partial charge in [-0.2, -0.15) is 0 Å². The molecule has 98 valence electrons. The lowest BCUT2D eigenvalue weighted by molar-refractivity contribution is 0.102. The summed E-state index contributed by atoms with van der Waals surface area (Å²) in [6, 6.07) is 12.7. The van der Waals surface area contributed by atoms with E-state index in [9.17, 15) is 9.90 Å². The highest BCUT2D eigenvalue weighted by Crippen LogP contribution is 2.20. The van der Waals surface area contributed by atoms with Crippen molar-refractivity contribution in [3.8, 4) is 5.75 Å². The summed E-state index contributed by atoms with van der Waals surface area (Å²) in [6.07, 6.45) is 0.916. The van der Waals surface area contributed by atoms with Gasteiger partial charge in [0.25, 0.3) is 5.91 Å². The molecule has 0 aliphatic carbocycles. The zero-order valence-corrected chi connectivity index (χ0v) is 11.1. The second-order valence-electron chi connectivity index (χ2n) is 4.53. The third-order valence-electron chi connectivity index (χ3n) is 2.99. The maximum atomic E-state index is 12.1. The third-order valence-corrected chi connectivity index (χ3v) is 2.99. The van der Waals surface area contributed by atoms with Gasteiger partial charge in [0, 0.05) is 5.69 Å². The van der Waals surface area contributed by atoms with Gasteiger partial charge >= 0.3 is 0 Å². The number of carbonyl (C=O) groups is 1. The van der Waals surface area contributed by atoms with Crippen molar-refractivity contribution in [1.82, 2.24) is 0 Å². The van der Waals surface area contributed by atoms with E-state index in [1.54, 1.807) is 12.1 Å². The van der Waals surface area contributed by atoms with Crippen LogP contribution in [0.25, 0.3) is 0 Å². The van der Waals surface area contributed by atoms with Crippen molar-refractivity contribution < 1.29 is 9.90 Å². The van der Waals surface area contributed by atoms with Crippen LogP contribution < -0.4 is 5.32 Å². The first-order valence-electron chi connectivity index (χ1n) is 6.30. The Morgan fingerprint density at radius 2 is 2.00 bits per heavy atom. The molecule has 2 rings (SSSR count). The van der Waals surface area contributed by atoms with E-state index in [0.717, 1.165) is 23.2 Å². The van der Waals surface area contributed by atoms with E-state index in [-0.39, 0.29) is 11.7 Å². The molecule has 1 amide bonds. The number of aromatic hydroxyl groups is 1. The molecule has 0 heterocycles. The average Bonchev–Trinajstić information content (AvgIpc) is 2.41. The van der Waals surface area contributed by atoms with Crippen molar-refractivity contribution in [3.63, 3.8) is 0 Å². The molecule has 0 radical (unpaired) electrons. The summed E-state index contributed by atoms with van der Waals surface area (Å²) in [5.41, 5.74) is 3.13. The molecule has 0 atom stereocenters. The molecule has 19 heavy (non-hydrogen) atoms. The molecule has 0 fully saturated rings. The average molecular weight is 255 g/mol. The van der Waals surface area contributed by atoms with Gasteiger partial charge in [-0.1, -0.05) is 30.7 Å². The molecule has 3 nitrogen and oxygen atoms in total. The van der Waals surface area contributed by atoms with E-state index >= 15 is 0 Å². The van der Waals surface area contributed by atoms with Crippen LogP contribution in [0.15, 0.2) is 42.5 Å². The Hall–Kier alpha value is -2.29. The highest BCUT2D eigenvalue weighted by atomic mass is 16.3. The predicted molar refractivity (Wildman–Crippen MR) is 76.6 cm³/mol. The summed E-state index contributed by atoms with van der Waals surface area (Å²) in [5, 5.41) is 12.5. The first-order valence-corrected chi connectivity index (χ1v) is 6.30. The van der Waals surface area contributed by atoms with Gasteiger partial charge in [-0.15, -0.1) is 0 Å². The van der Waals surface area contributed by atoms with E-state index < -0.39 is 0 Å². The molecule has 0 spiro atoms. The van der Waals surface area contributed by atoms with Crippen LogP contribution in [0.4, 0.5) is 5.69 Å². The van der Waals surface area contributed by atoms with Crippen molar-refractivity contribution >= 4 is 11.6 Å². The van der Waals surface area contributed by atoms with Crippen molar-refractivity contribution in [2.24, 2.45) is 0 Å². The normalized spacial score (nSPS) is 10.2. The number of aryl methyl sites for hydroxylation is 2. The van der Waals surface area contributed by atoms with Crippen molar-refractivity contribution in [2.45, 2.75) is 20.3 Å². The maximum Gasteiger partial charge on any atom is 0.259 e. The van der Waals surface area contributed by atoms with Gasteiger partial charge in [0.05, 0.1) is 5.56 Å². The standard InChI is InChI=1S/C16H17NO2/c1-3-12-5-4-6-13(10-12)17-16(19)14-9-11(2)7-8-15(14)18/h4-10,18H,3H2,1-2H3,(H,17,19). The number of amides is 1. The first kappa shape index (κ1) is 13.1. The minimum atomic E-state index is -0.297. The van der Waals surface area contributed by atoms with Crippen LogP contribution in [-0.2, 0) is 6.42 Å². The summed E-state index contributed by atoms with van der Waals surface area (Å²) in [7, 11) is 0. The number of benzene rings is 2. The van der Waals surface area contributed by atoms with Crippen molar-refractivity contribution in [2.75, 3.05) is 5.32 Å². The number of phenols is 1. The third kappa shape index (κ3) is 3.13. The minimum Gasteiger partial charge on any atom is -0.507 e. The molecule has 2 N–H and O–H groups in total. The zero-order chi connectivity index (χ0) is 13.8. The van der Waals surface area contributed by atoms with E-state index in [2.05, 4.69) is 12.2 Å². The second kappa shape index (κ2) is 5.57. The smallest absolute Gasteiger partial charge is 0.259 e. The van der Waals surface area contributed by atoms with E-state index in [1.165, 1.54) is 6.07 Å². The van der Waals surface area contributed by atoms with Crippen molar-refractivity contribution in [3.05, 3.63) is 59.2 Å². The summed E-state index contributed by atoms with van der Waals surface area (Å²) < 4.78 is 0. The molecular weight excluding hydrogens is 238 g/mol. The fraction of sp³-hybridized carbons (Fsp3) is 0.188. The number of anilines is 1. The second-order valence-corrected chi connectivity index (χ2v) is 4.53. The van der Waals surface area contributed by atoms with Crippen LogP contribution in [0.5, 0.6) is 5.75 Å². The van der Waals surface area contributed by atoms with Gasteiger partial charge in [-0.05, 0) is 43.2 Å². The Morgan fingerprint density at radius 3 is 2.74 bits per heavy atom. The van der Waals surface area contributed by atoms with Crippen molar-refractivity contribution in [1.29, 1.82) is 0 Å². The Labute approximate surface area is 112 Å². The highest BCUT2D eigenvalue weighted by Gasteiger charge is 2.11. The van der Waals surface area contributed by atoms with Gasteiger partial charge in [-0.25, -0.2) is 0 Å².